The molecule has 0 spiro atoms. The first kappa shape index (κ1) is 20.5. The lowest BCUT2D eigenvalue weighted by Crippen LogP contribution is -2.45. The Morgan fingerprint density at radius 2 is 1.96 bits per heavy atom. The highest BCUT2D eigenvalue weighted by Crippen LogP contribution is 2.25. The monoisotopic (exact) mass is 384 g/mol. The number of rotatable bonds is 6. The third kappa shape index (κ3) is 5.40. The van der Waals surface area contributed by atoms with E-state index in [0.717, 1.165) is 49.3 Å². The minimum atomic E-state index is -0.263. The molecule has 0 aromatic heterocycles. The molecule has 1 aliphatic heterocycles. The normalized spacial score (nSPS) is 18.1. The van der Waals surface area contributed by atoms with E-state index in [9.17, 15) is 14.3 Å². The molecule has 2 aromatic rings. The first-order chi connectivity index (χ1) is 13.4. The van der Waals surface area contributed by atoms with Crippen LogP contribution in [0, 0.1) is 17.2 Å². The Morgan fingerprint density at radius 1 is 1.21 bits per heavy atom. The van der Waals surface area contributed by atoms with E-state index >= 15 is 0 Å². The second-order valence-corrected chi connectivity index (χ2v) is 8.47. The van der Waals surface area contributed by atoms with Gasteiger partial charge in [0, 0.05) is 30.8 Å². The number of amides is 1. The molecule has 0 radical (unpaired) electrons. The Kier molecular flexibility index (Phi) is 6.47. The molecular formula is C23H29FN2O2. The summed E-state index contributed by atoms with van der Waals surface area (Å²) in [6.07, 6.45) is 1.86. The van der Waals surface area contributed by atoms with Crippen LogP contribution in [0.25, 0.3) is 11.1 Å². The van der Waals surface area contributed by atoms with E-state index in [1.54, 1.807) is 6.07 Å². The lowest BCUT2D eigenvalue weighted by Gasteiger charge is -2.36. The Balaban J connectivity index is 1.59. The molecule has 2 aromatic carbocycles. The van der Waals surface area contributed by atoms with Gasteiger partial charge in [-0.1, -0.05) is 38.1 Å². The molecule has 0 saturated carbocycles. The summed E-state index contributed by atoms with van der Waals surface area (Å²) in [5.74, 6) is -0.280. The van der Waals surface area contributed by atoms with Crippen molar-refractivity contribution in [3.8, 4) is 11.1 Å². The zero-order valence-electron chi connectivity index (χ0n) is 16.6. The topological polar surface area (TPSA) is 52.6 Å². The summed E-state index contributed by atoms with van der Waals surface area (Å²) in [5, 5.41) is 12.5. The van der Waals surface area contributed by atoms with Crippen LogP contribution in [0.15, 0.2) is 48.5 Å². The lowest BCUT2D eigenvalue weighted by molar-refractivity contribution is -0.121. The van der Waals surface area contributed by atoms with Crippen LogP contribution >= 0.6 is 0 Å². The number of piperidine rings is 1. The molecule has 1 amide bonds. The van der Waals surface area contributed by atoms with Crippen molar-refractivity contribution in [3.05, 3.63) is 54.3 Å². The highest BCUT2D eigenvalue weighted by Gasteiger charge is 2.29. The molecular weight excluding hydrogens is 355 g/mol. The van der Waals surface area contributed by atoms with E-state index in [1.807, 2.05) is 44.2 Å². The van der Waals surface area contributed by atoms with Gasteiger partial charge in [0.2, 0.25) is 5.91 Å². The second kappa shape index (κ2) is 8.84. The molecule has 1 unspecified atom stereocenters. The fraction of sp³-hybridized carbons (Fsp3) is 0.435. The number of aliphatic hydroxyl groups excluding tert-OH is 1. The van der Waals surface area contributed by atoms with Crippen LogP contribution < -0.4 is 5.32 Å². The van der Waals surface area contributed by atoms with Gasteiger partial charge in [0.05, 0.1) is 5.92 Å². The molecule has 0 bridgehead atoms. The van der Waals surface area contributed by atoms with Crippen LogP contribution in [-0.2, 0) is 4.79 Å². The van der Waals surface area contributed by atoms with Crippen LogP contribution in [0.5, 0.6) is 0 Å². The van der Waals surface area contributed by atoms with Gasteiger partial charge >= 0.3 is 0 Å². The second-order valence-electron chi connectivity index (χ2n) is 8.47. The van der Waals surface area contributed by atoms with Crippen molar-refractivity contribution in [3.63, 3.8) is 0 Å². The van der Waals surface area contributed by atoms with Crippen molar-refractivity contribution < 1.29 is 14.3 Å². The van der Waals surface area contributed by atoms with E-state index < -0.39 is 0 Å². The predicted molar refractivity (Wildman–Crippen MR) is 110 cm³/mol. The quantitative estimate of drug-likeness (QED) is 0.786. The molecule has 4 nitrogen and oxygen atoms in total. The third-order valence-electron chi connectivity index (χ3n) is 5.27. The molecule has 1 saturated heterocycles. The van der Waals surface area contributed by atoms with Crippen molar-refractivity contribution in [2.75, 3.05) is 31.6 Å². The minimum absolute atomic E-state index is 0.0324. The van der Waals surface area contributed by atoms with Gasteiger partial charge in [0.15, 0.2) is 0 Å². The average Bonchev–Trinajstić information content (AvgIpc) is 2.68. The fourth-order valence-corrected chi connectivity index (χ4v) is 3.73. The van der Waals surface area contributed by atoms with Crippen LogP contribution in [0.4, 0.5) is 10.1 Å². The number of anilines is 1. The number of carbonyl (C=O) groups is 1. The molecule has 2 N–H and O–H groups in total. The van der Waals surface area contributed by atoms with Crippen molar-refractivity contribution in [2.24, 2.45) is 11.3 Å². The van der Waals surface area contributed by atoms with E-state index in [4.69, 9.17) is 0 Å². The Hall–Kier alpha value is -2.24. The summed E-state index contributed by atoms with van der Waals surface area (Å²) >= 11 is 0. The maximum absolute atomic E-state index is 13.4. The number of carbonyl (C=O) groups excluding carboxylic acids is 1. The number of halogens is 1. The largest absolute Gasteiger partial charge is 0.396 e. The van der Waals surface area contributed by atoms with Crippen molar-refractivity contribution in [1.82, 2.24) is 4.90 Å². The van der Waals surface area contributed by atoms with Crippen LogP contribution in [-0.4, -0.2) is 42.2 Å². The lowest BCUT2D eigenvalue weighted by atomic mass is 9.90. The summed E-state index contributed by atoms with van der Waals surface area (Å²) in [6.45, 7) is 6.69. The average molecular weight is 384 g/mol. The molecule has 5 heteroatoms. The van der Waals surface area contributed by atoms with Crippen LogP contribution in [0.3, 0.4) is 0 Å². The van der Waals surface area contributed by atoms with Crippen LogP contribution in [0.2, 0.25) is 0 Å². The number of aliphatic hydroxyl groups is 1. The van der Waals surface area contributed by atoms with Gasteiger partial charge in [-0.25, -0.2) is 4.39 Å². The van der Waals surface area contributed by atoms with Gasteiger partial charge < -0.3 is 15.3 Å². The molecule has 3 rings (SSSR count). The Labute approximate surface area is 166 Å². The van der Waals surface area contributed by atoms with E-state index in [0.29, 0.717) is 0 Å². The minimum Gasteiger partial charge on any atom is -0.396 e. The standard InChI is InChI=1S/C23H29FN2O2/c1-23(2,16-27)15-26-12-4-6-19(14-26)22(28)25-21-10-8-17(9-11-21)18-5-3-7-20(24)13-18/h3,5,7-11,13,19,27H,4,6,12,14-16H2,1-2H3,(H,25,28). The van der Waals surface area contributed by atoms with Gasteiger partial charge in [-0.3, -0.25) is 4.79 Å². The molecule has 1 heterocycles. The summed E-state index contributed by atoms with van der Waals surface area (Å²) in [6, 6.07) is 14.0. The smallest absolute Gasteiger partial charge is 0.228 e. The number of likely N-dealkylation sites (tertiary alicyclic amines) is 1. The summed E-state index contributed by atoms with van der Waals surface area (Å²) in [4.78, 5) is 15.0. The highest BCUT2D eigenvalue weighted by atomic mass is 19.1. The maximum Gasteiger partial charge on any atom is 0.228 e. The van der Waals surface area contributed by atoms with Crippen molar-refractivity contribution in [2.45, 2.75) is 26.7 Å². The zero-order valence-corrected chi connectivity index (χ0v) is 16.6. The highest BCUT2D eigenvalue weighted by molar-refractivity contribution is 5.93. The summed E-state index contributed by atoms with van der Waals surface area (Å²) in [5.41, 5.74) is 2.31. The molecule has 150 valence electrons. The number of hydrogen-bond donors (Lipinski definition) is 2. The van der Waals surface area contributed by atoms with E-state index in [-0.39, 0.29) is 29.7 Å². The van der Waals surface area contributed by atoms with Crippen molar-refractivity contribution in [1.29, 1.82) is 0 Å². The van der Waals surface area contributed by atoms with Gasteiger partial charge in [-0.15, -0.1) is 0 Å². The van der Waals surface area contributed by atoms with E-state index in [1.165, 1.54) is 12.1 Å². The number of nitrogens with zero attached hydrogens (tertiary/aromatic N) is 1. The Morgan fingerprint density at radius 3 is 2.64 bits per heavy atom. The van der Waals surface area contributed by atoms with Gasteiger partial charge in [0.25, 0.3) is 0 Å². The Bertz CT molecular complexity index is 805. The van der Waals surface area contributed by atoms with Gasteiger partial charge in [-0.2, -0.15) is 0 Å². The zero-order chi connectivity index (χ0) is 20.1. The summed E-state index contributed by atoms with van der Waals surface area (Å²) in [7, 11) is 0. The molecule has 1 fully saturated rings. The number of benzene rings is 2. The number of nitrogens with one attached hydrogen (secondary N) is 1. The van der Waals surface area contributed by atoms with Crippen LogP contribution in [0.1, 0.15) is 26.7 Å². The predicted octanol–water partition coefficient (Wildman–Crippen LogP) is 4.16. The van der Waals surface area contributed by atoms with Gasteiger partial charge in [0.1, 0.15) is 5.82 Å². The fourth-order valence-electron chi connectivity index (χ4n) is 3.73. The first-order valence-corrected chi connectivity index (χ1v) is 9.86. The third-order valence-corrected chi connectivity index (χ3v) is 5.27. The van der Waals surface area contributed by atoms with Gasteiger partial charge in [-0.05, 0) is 54.8 Å². The SMILES string of the molecule is CC(C)(CO)CN1CCCC(C(=O)Nc2ccc(-c3cccc(F)c3)cc2)C1. The molecule has 1 atom stereocenters. The summed E-state index contributed by atoms with van der Waals surface area (Å²) < 4.78 is 13.4. The molecule has 1 aliphatic rings. The molecule has 0 aliphatic carbocycles. The van der Waals surface area contributed by atoms with Crippen molar-refractivity contribution >= 4 is 11.6 Å². The van der Waals surface area contributed by atoms with E-state index in [2.05, 4.69) is 10.2 Å². The number of hydrogen-bond acceptors (Lipinski definition) is 3. The maximum atomic E-state index is 13.4. The first-order valence-electron chi connectivity index (χ1n) is 9.86. The molecule has 28 heavy (non-hydrogen) atoms.